The van der Waals surface area contributed by atoms with E-state index >= 15 is 0 Å². The Balaban J connectivity index is 1.36. The molecule has 1 saturated heterocycles. The lowest BCUT2D eigenvalue weighted by Gasteiger charge is -2.34. The molecule has 1 fully saturated rings. The van der Waals surface area contributed by atoms with Crippen LogP contribution in [0.3, 0.4) is 0 Å². The normalized spacial score (nSPS) is 14.1. The number of nitrogens with zero attached hydrogens (tertiary/aromatic N) is 3. The molecule has 0 unspecified atom stereocenters. The van der Waals surface area contributed by atoms with E-state index in [0.29, 0.717) is 69.3 Å². The highest BCUT2D eigenvalue weighted by Gasteiger charge is 2.26. The van der Waals surface area contributed by atoms with Crippen molar-refractivity contribution in [1.82, 2.24) is 9.47 Å². The smallest absolute Gasteiger partial charge is 0.209 e. The molecule has 1 aromatic heterocycles. The van der Waals surface area contributed by atoms with Gasteiger partial charge in [0, 0.05) is 44.7 Å². The van der Waals surface area contributed by atoms with E-state index < -0.39 is 11.6 Å². The molecule has 2 heterocycles. The summed E-state index contributed by atoms with van der Waals surface area (Å²) >= 11 is 0. The van der Waals surface area contributed by atoms with Gasteiger partial charge in [-0.2, -0.15) is 0 Å². The summed E-state index contributed by atoms with van der Waals surface area (Å²) < 4.78 is 47.1. The molecule has 0 saturated carbocycles. The van der Waals surface area contributed by atoms with Crippen LogP contribution in [0.25, 0.3) is 10.9 Å². The van der Waals surface area contributed by atoms with Gasteiger partial charge >= 0.3 is 0 Å². The number of amides is 1. The molecule has 2 aromatic carbocycles. The third-order valence-corrected chi connectivity index (χ3v) is 5.89. The minimum absolute atomic E-state index is 0.248. The van der Waals surface area contributed by atoms with Crippen LogP contribution in [0.15, 0.2) is 42.5 Å². The Morgan fingerprint density at radius 3 is 2.32 bits per heavy atom. The van der Waals surface area contributed by atoms with Crippen LogP contribution in [0.4, 0.5) is 14.6 Å². The Morgan fingerprint density at radius 2 is 1.59 bits per heavy atom. The monoisotopic (exact) mass is 473 g/mol. The average molecular weight is 474 g/mol. The van der Waals surface area contributed by atoms with E-state index in [1.54, 1.807) is 11.9 Å². The Labute approximate surface area is 197 Å². The predicted molar refractivity (Wildman–Crippen MR) is 125 cm³/mol. The summed E-state index contributed by atoms with van der Waals surface area (Å²) in [6, 6.07) is 12.3. The van der Waals surface area contributed by atoms with Gasteiger partial charge in [0.2, 0.25) is 6.41 Å². The fourth-order valence-electron chi connectivity index (χ4n) is 4.11. The lowest BCUT2D eigenvalue weighted by molar-refractivity contribution is -0.118. The Hall–Kier alpha value is -3.17. The Bertz CT molecular complexity index is 1100. The Morgan fingerprint density at radius 1 is 0.912 bits per heavy atom. The lowest BCUT2D eigenvalue weighted by atomic mass is 10.2. The number of hydrogen-bond donors (Lipinski definition) is 0. The quantitative estimate of drug-likeness (QED) is 0.316. The van der Waals surface area contributed by atoms with Gasteiger partial charge in [-0.05, 0) is 11.6 Å². The van der Waals surface area contributed by atoms with Gasteiger partial charge in [0.1, 0.15) is 6.61 Å². The number of carbonyl (C=O) groups is 1. The van der Waals surface area contributed by atoms with E-state index in [-0.39, 0.29) is 6.61 Å². The number of ether oxygens (including phenoxy) is 3. The zero-order chi connectivity index (χ0) is 23.9. The maximum absolute atomic E-state index is 14.1. The van der Waals surface area contributed by atoms with Crippen molar-refractivity contribution < 1.29 is 27.8 Å². The number of piperazine rings is 1. The second-order valence-electron chi connectivity index (χ2n) is 8.12. The average Bonchev–Trinajstić information content (AvgIpc) is 3.12. The van der Waals surface area contributed by atoms with Crippen molar-refractivity contribution in [2.45, 2.75) is 6.61 Å². The van der Waals surface area contributed by atoms with Gasteiger partial charge in [-0.1, -0.05) is 30.3 Å². The molecule has 1 amide bonds. The van der Waals surface area contributed by atoms with Crippen LogP contribution in [0.2, 0.25) is 0 Å². The number of aromatic nitrogens is 1. The van der Waals surface area contributed by atoms with E-state index in [2.05, 4.69) is 4.90 Å². The molecule has 9 heteroatoms. The first-order valence-electron chi connectivity index (χ1n) is 11.3. The molecule has 4 rings (SSSR count). The van der Waals surface area contributed by atoms with Crippen molar-refractivity contribution >= 4 is 23.1 Å². The summed E-state index contributed by atoms with van der Waals surface area (Å²) in [5, 5.41) is 0.500. The van der Waals surface area contributed by atoms with Gasteiger partial charge in [0.05, 0.1) is 31.9 Å². The SMILES string of the molecule is Cn1c(N2CCN(C=O)CC2)c(OCCOCCOCc2ccccc2)c2cc(F)c(F)cc21. The first-order valence-corrected chi connectivity index (χ1v) is 11.3. The molecule has 1 aliphatic rings. The maximum atomic E-state index is 14.1. The lowest BCUT2D eigenvalue weighted by Crippen LogP contribution is -2.46. The van der Waals surface area contributed by atoms with Gasteiger partial charge in [-0.25, -0.2) is 8.78 Å². The van der Waals surface area contributed by atoms with Crippen LogP contribution in [0.5, 0.6) is 5.75 Å². The second-order valence-corrected chi connectivity index (χ2v) is 8.12. The molecule has 1 aliphatic heterocycles. The van der Waals surface area contributed by atoms with Crippen LogP contribution < -0.4 is 9.64 Å². The Kier molecular flexibility index (Phi) is 7.97. The second kappa shape index (κ2) is 11.3. The molecule has 182 valence electrons. The predicted octanol–water partition coefficient (Wildman–Crippen LogP) is 3.35. The van der Waals surface area contributed by atoms with E-state index in [1.807, 2.05) is 34.9 Å². The molecule has 0 spiro atoms. The van der Waals surface area contributed by atoms with Gasteiger partial charge in [0.25, 0.3) is 0 Å². The first kappa shape index (κ1) is 24.0. The largest absolute Gasteiger partial charge is 0.487 e. The molecular weight excluding hydrogens is 444 g/mol. The standard InChI is InChI=1S/C25H29F2N3O4/c1-28-23-16-22(27)21(26)15-20(23)24(25(28)30-9-7-29(18-31)8-10-30)34-14-13-32-11-12-33-17-19-5-3-2-4-6-19/h2-6,15-16,18H,7-14,17H2,1H3. The van der Waals surface area contributed by atoms with Gasteiger partial charge in [-0.3, -0.25) is 4.79 Å². The van der Waals surface area contributed by atoms with E-state index in [0.717, 1.165) is 17.8 Å². The van der Waals surface area contributed by atoms with Crippen molar-refractivity contribution in [2.24, 2.45) is 7.05 Å². The van der Waals surface area contributed by atoms with Gasteiger partial charge in [0.15, 0.2) is 23.2 Å². The number of fused-ring (bicyclic) bond motifs is 1. The van der Waals surface area contributed by atoms with E-state index in [4.69, 9.17) is 14.2 Å². The van der Waals surface area contributed by atoms with Crippen molar-refractivity contribution in [3.05, 3.63) is 59.7 Å². The molecule has 34 heavy (non-hydrogen) atoms. The van der Waals surface area contributed by atoms with Crippen LogP contribution in [-0.2, 0) is 27.9 Å². The number of halogens is 2. The molecule has 0 aliphatic carbocycles. The molecule has 0 radical (unpaired) electrons. The maximum Gasteiger partial charge on any atom is 0.209 e. The topological polar surface area (TPSA) is 56.2 Å². The van der Waals surface area contributed by atoms with Gasteiger partial charge in [-0.15, -0.1) is 0 Å². The summed E-state index contributed by atoms with van der Waals surface area (Å²) in [4.78, 5) is 14.8. The van der Waals surface area contributed by atoms with E-state index in [9.17, 15) is 13.6 Å². The molecule has 0 atom stereocenters. The molecule has 3 aromatic rings. The molecule has 0 N–H and O–H groups in total. The number of rotatable bonds is 11. The van der Waals surface area contributed by atoms with Gasteiger partial charge < -0.3 is 28.6 Å². The fraction of sp³-hybridized carbons (Fsp3) is 0.400. The van der Waals surface area contributed by atoms with Crippen molar-refractivity contribution in [3.63, 3.8) is 0 Å². The zero-order valence-corrected chi connectivity index (χ0v) is 19.2. The summed E-state index contributed by atoms with van der Waals surface area (Å²) in [6.07, 6.45) is 0.835. The van der Waals surface area contributed by atoms with Crippen LogP contribution in [0.1, 0.15) is 5.56 Å². The third-order valence-electron chi connectivity index (χ3n) is 5.89. The van der Waals surface area contributed by atoms with Crippen molar-refractivity contribution in [3.8, 4) is 5.75 Å². The highest BCUT2D eigenvalue weighted by Crippen LogP contribution is 2.40. The number of carbonyl (C=O) groups excluding carboxylic acids is 1. The molecule has 7 nitrogen and oxygen atoms in total. The minimum Gasteiger partial charge on any atom is -0.487 e. The van der Waals surface area contributed by atoms with Crippen molar-refractivity contribution in [1.29, 1.82) is 0 Å². The number of benzene rings is 2. The highest BCUT2D eigenvalue weighted by molar-refractivity contribution is 5.94. The number of anilines is 1. The van der Waals surface area contributed by atoms with E-state index in [1.165, 1.54) is 12.1 Å². The summed E-state index contributed by atoms with van der Waals surface area (Å²) in [6.45, 7) is 4.31. The number of hydrogen-bond acceptors (Lipinski definition) is 5. The summed E-state index contributed by atoms with van der Waals surface area (Å²) in [5.74, 6) is -0.612. The van der Waals surface area contributed by atoms with Crippen LogP contribution in [0, 0.1) is 11.6 Å². The number of aryl methyl sites for hydroxylation is 1. The highest BCUT2D eigenvalue weighted by atomic mass is 19.2. The zero-order valence-electron chi connectivity index (χ0n) is 19.2. The molecule has 0 bridgehead atoms. The minimum atomic E-state index is -0.924. The summed E-state index contributed by atoms with van der Waals surface area (Å²) in [5.41, 5.74) is 1.64. The van der Waals surface area contributed by atoms with Crippen molar-refractivity contribution in [2.75, 3.05) is 57.5 Å². The third kappa shape index (κ3) is 5.48. The first-order chi connectivity index (χ1) is 16.6. The van der Waals surface area contributed by atoms with Crippen LogP contribution >= 0.6 is 0 Å². The summed E-state index contributed by atoms with van der Waals surface area (Å²) in [7, 11) is 1.80. The molecular formula is C25H29F2N3O4. The van der Waals surface area contributed by atoms with Crippen LogP contribution in [-0.4, -0.2) is 68.5 Å². The fourth-order valence-corrected chi connectivity index (χ4v) is 4.11.